The molecule has 132 valence electrons. The number of unbranched alkanes of at least 4 members (excludes halogenated alkanes) is 5. The van der Waals surface area contributed by atoms with Gasteiger partial charge in [-0.1, -0.05) is 74.6 Å². The van der Waals surface area contributed by atoms with E-state index in [-0.39, 0.29) is 0 Å². The minimum Gasteiger partial charge on any atom is -0.385 e. The molecule has 0 aliphatic rings. The highest BCUT2D eigenvalue weighted by atomic mass is 15.4. The van der Waals surface area contributed by atoms with Gasteiger partial charge < -0.3 is 5.32 Å². The summed E-state index contributed by atoms with van der Waals surface area (Å²) in [5, 5.41) is 12.2. The van der Waals surface area contributed by atoms with E-state index in [0.29, 0.717) is 0 Å². The predicted molar refractivity (Wildman–Crippen MR) is 105 cm³/mol. The predicted octanol–water partition coefficient (Wildman–Crippen LogP) is 5.25. The van der Waals surface area contributed by atoms with Crippen LogP contribution in [0, 0.1) is 0 Å². The average molecular weight is 336 g/mol. The molecule has 0 aliphatic heterocycles. The van der Waals surface area contributed by atoms with Crippen molar-refractivity contribution in [1.29, 1.82) is 0 Å². The number of para-hydroxylation sites is 2. The van der Waals surface area contributed by atoms with E-state index < -0.39 is 0 Å². The first-order valence-electron chi connectivity index (χ1n) is 9.48. The number of benzene rings is 2. The third-order valence-electron chi connectivity index (χ3n) is 4.60. The molecule has 0 saturated carbocycles. The summed E-state index contributed by atoms with van der Waals surface area (Å²) in [6.45, 7) is 4.03. The maximum atomic E-state index is 4.31. The maximum Gasteiger partial charge on any atom is 0.113 e. The molecule has 2 aromatic carbocycles. The second kappa shape index (κ2) is 9.21. The van der Waals surface area contributed by atoms with Crippen LogP contribution in [0.3, 0.4) is 0 Å². The van der Waals surface area contributed by atoms with Gasteiger partial charge in [-0.25, -0.2) is 4.68 Å². The van der Waals surface area contributed by atoms with Gasteiger partial charge in [0.25, 0.3) is 0 Å². The largest absolute Gasteiger partial charge is 0.385 e. The summed E-state index contributed by atoms with van der Waals surface area (Å²) in [6, 6.07) is 16.6. The SMILES string of the molecule is CCCCCCCCNc1ccccc1Cn1nnc2ccccc21. The number of nitrogens with one attached hydrogen (secondary N) is 1. The number of aromatic nitrogens is 3. The molecular weight excluding hydrogens is 308 g/mol. The van der Waals surface area contributed by atoms with Gasteiger partial charge in [0.05, 0.1) is 12.1 Å². The molecule has 3 rings (SSSR count). The van der Waals surface area contributed by atoms with E-state index in [9.17, 15) is 0 Å². The lowest BCUT2D eigenvalue weighted by Gasteiger charge is -2.12. The highest BCUT2D eigenvalue weighted by molar-refractivity contribution is 5.74. The number of hydrogen-bond donors (Lipinski definition) is 1. The lowest BCUT2D eigenvalue weighted by Crippen LogP contribution is -2.08. The van der Waals surface area contributed by atoms with E-state index in [2.05, 4.69) is 52.9 Å². The van der Waals surface area contributed by atoms with Crippen molar-refractivity contribution in [3.05, 3.63) is 54.1 Å². The molecule has 1 heterocycles. The summed E-state index contributed by atoms with van der Waals surface area (Å²) in [5.41, 5.74) is 4.48. The molecule has 25 heavy (non-hydrogen) atoms. The first-order chi connectivity index (χ1) is 12.4. The van der Waals surface area contributed by atoms with Gasteiger partial charge in [0.2, 0.25) is 0 Å². The van der Waals surface area contributed by atoms with Crippen molar-refractivity contribution in [3.8, 4) is 0 Å². The molecular formula is C21H28N4. The Hall–Kier alpha value is -2.36. The molecule has 4 nitrogen and oxygen atoms in total. The van der Waals surface area contributed by atoms with Gasteiger partial charge in [-0.15, -0.1) is 5.10 Å². The van der Waals surface area contributed by atoms with Gasteiger partial charge in [-0.05, 0) is 30.2 Å². The smallest absolute Gasteiger partial charge is 0.113 e. The van der Waals surface area contributed by atoms with Crippen LogP contribution < -0.4 is 5.32 Å². The van der Waals surface area contributed by atoms with E-state index in [4.69, 9.17) is 0 Å². The molecule has 0 unspecified atom stereocenters. The van der Waals surface area contributed by atoms with E-state index >= 15 is 0 Å². The fourth-order valence-corrected chi connectivity index (χ4v) is 3.15. The van der Waals surface area contributed by atoms with Crippen molar-refractivity contribution in [2.75, 3.05) is 11.9 Å². The Morgan fingerprint density at radius 1 is 0.880 bits per heavy atom. The molecule has 0 saturated heterocycles. The monoisotopic (exact) mass is 336 g/mol. The fraction of sp³-hybridized carbons (Fsp3) is 0.429. The number of anilines is 1. The number of hydrogen-bond acceptors (Lipinski definition) is 3. The van der Waals surface area contributed by atoms with Crippen LogP contribution in [0.25, 0.3) is 11.0 Å². The summed E-state index contributed by atoms with van der Waals surface area (Å²) in [5.74, 6) is 0. The summed E-state index contributed by atoms with van der Waals surface area (Å²) in [6.07, 6.45) is 7.92. The van der Waals surface area contributed by atoms with Gasteiger partial charge in [0.1, 0.15) is 5.52 Å². The van der Waals surface area contributed by atoms with Crippen molar-refractivity contribution in [1.82, 2.24) is 15.0 Å². The zero-order valence-corrected chi connectivity index (χ0v) is 15.1. The van der Waals surface area contributed by atoms with Crippen LogP contribution >= 0.6 is 0 Å². The Morgan fingerprint density at radius 2 is 1.64 bits per heavy atom. The highest BCUT2D eigenvalue weighted by Gasteiger charge is 2.07. The second-order valence-electron chi connectivity index (χ2n) is 6.59. The van der Waals surface area contributed by atoms with Gasteiger partial charge in [0, 0.05) is 12.2 Å². The number of rotatable bonds is 10. The molecule has 0 radical (unpaired) electrons. The summed E-state index contributed by atoms with van der Waals surface area (Å²) in [4.78, 5) is 0. The molecule has 0 atom stereocenters. The topological polar surface area (TPSA) is 42.7 Å². The molecule has 0 aliphatic carbocycles. The van der Waals surface area contributed by atoms with Gasteiger partial charge >= 0.3 is 0 Å². The Bertz CT molecular complexity index is 778. The summed E-state index contributed by atoms with van der Waals surface area (Å²) < 4.78 is 1.97. The number of nitrogens with zero attached hydrogens (tertiary/aromatic N) is 3. The first-order valence-corrected chi connectivity index (χ1v) is 9.48. The zero-order chi connectivity index (χ0) is 17.3. The van der Waals surface area contributed by atoms with Crippen molar-refractivity contribution < 1.29 is 0 Å². The van der Waals surface area contributed by atoms with Crippen molar-refractivity contribution in [3.63, 3.8) is 0 Å². The lowest BCUT2D eigenvalue weighted by molar-refractivity contribution is 0.616. The molecule has 4 heteroatoms. The molecule has 0 fully saturated rings. The van der Waals surface area contributed by atoms with Crippen LogP contribution in [0.5, 0.6) is 0 Å². The van der Waals surface area contributed by atoms with Crippen LogP contribution in [0.4, 0.5) is 5.69 Å². The minimum atomic E-state index is 0.736. The Labute approximate surface area is 150 Å². The van der Waals surface area contributed by atoms with Crippen molar-refractivity contribution >= 4 is 16.7 Å². The second-order valence-corrected chi connectivity index (χ2v) is 6.59. The molecule has 0 spiro atoms. The quantitative estimate of drug-likeness (QED) is 0.514. The van der Waals surface area contributed by atoms with Crippen LogP contribution in [-0.2, 0) is 6.54 Å². The average Bonchev–Trinajstić information content (AvgIpc) is 3.05. The minimum absolute atomic E-state index is 0.736. The standard InChI is InChI=1S/C21H28N4/c1-2-3-4-5-6-11-16-22-19-13-8-7-12-18(19)17-25-21-15-10-9-14-20(21)23-24-25/h7-10,12-15,22H,2-6,11,16-17H2,1H3. The summed E-state index contributed by atoms with van der Waals surface area (Å²) >= 11 is 0. The van der Waals surface area contributed by atoms with Crippen molar-refractivity contribution in [2.24, 2.45) is 0 Å². The molecule has 1 aromatic heterocycles. The molecule has 0 bridgehead atoms. The van der Waals surface area contributed by atoms with Crippen LogP contribution in [0.2, 0.25) is 0 Å². The van der Waals surface area contributed by atoms with Gasteiger partial charge in [0.15, 0.2) is 0 Å². The van der Waals surface area contributed by atoms with E-state index in [0.717, 1.165) is 24.1 Å². The molecule has 0 amide bonds. The van der Waals surface area contributed by atoms with E-state index in [1.807, 2.05) is 22.9 Å². The Morgan fingerprint density at radius 3 is 2.56 bits per heavy atom. The molecule has 1 N–H and O–H groups in total. The lowest BCUT2D eigenvalue weighted by atomic mass is 10.1. The van der Waals surface area contributed by atoms with Gasteiger partial charge in [-0.2, -0.15) is 0 Å². The van der Waals surface area contributed by atoms with Gasteiger partial charge in [-0.3, -0.25) is 0 Å². The molecule has 3 aromatic rings. The first kappa shape index (κ1) is 17.5. The van der Waals surface area contributed by atoms with Crippen molar-refractivity contribution in [2.45, 2.75) is 52.0 Å². The highest BCUT2D eigenvalue weighted by Crippen LogP contribution is 2.19. The third kappa shape index (κ3) is 4.81. The Balaban J connectivity index is 1.57. The van der Waals surface area contributed by atoms with Crippen LogP contribution in [0.1, 0.15) is 51.0 Å². The normalized spacial score (nSPS) is 11.1. The third-order valence-corrected chi connectivity index (χ3v) is 4.60. The van der Waals surface area contributed by atoms with E-state index in [1.54, 1.807) is 0 Å². The number of fused-ring (bicyclic) bond motifs is 1. The summed E-state index contributed by atoms with van der Waals surface area (Å²) in [7, 11) is 0. The van der Waals surface area contributed by atoms with Crippen LogP contribution in [0.15, 0.2) is 48.5 Å². The maximum absolute atomic E-state index is 4.31. The Kier molecular flexibility index (Phi) is 6.43. The van der Waals surface area contributed by atoms with E-state index in [1.165, 1.54) is 49.8 Å². The van der Waals surface area contributed by atoms with Crippen LogP contribution in [-0.4, -0.2) is 21.5 Å². The zero-order valence-electron chi connectivity index (χ0n) is 15.1. The fourth-order valence-electron chi connectivity index (χ4n) is 3.15.